The number of halogens is 2. The fourth-order valence-electron chi connectivity index (χ4n) is 3.82. The van der Waals surface area contributed by atoms with Crippen LogP contribution in [0.5, 0.6) is 0 Å². The molecule has 2 amide bonds. The Morgan fingerprint density at radius 2 is 1.73 bits per heavy atom. The van der Waals surface area contributed by atoms with E-state index in [9.17, 15) is 18.5 Å². The van der Waals surface area contributed by atoms with Gasteiger partial charge in [-0.15, -0.1) is 0 Å². The number of phosphoric ester groups is 1. The van der Waals surface area contributed by atoms with Gasteiger partial charge >= 0.3 is 13.9 Å². The first kappa shape index (κ1) is 32.4. The van der Waals surface area contributed by atoms with Gasteiger partial charge in [0, 0.05) is 33.1 Å². The molecule has 0 atom stereocenters. The van der Waals surface area contributed by atoms with Gasteiger partial charge < -0.3 is 4.74 Å². The Bertz CT molecular complexity index is 1390. The summed E-state index contributed by atoms with van der Waals surface area (Å²) in [5, 5.41) is 5.16. The minimum absolute atomic E-state index is 0.0455. The van der Waals surface area contributed by atoms with Crippen molar-refractivity contribution in [3.05, 3.63) is 64.9 Å². The van der Waals surface area contributed by atoms with Gasteiger partial charge in [-0.1, -0.05) is 54.4 Å². The maximum atomic E-state index is 13.9. The van der Waals surface area contributed by atoms with Crippen molar-refractivity contribution in [1.29, 1.82) is 0 Å². The van der Waals surface area contributed by atoms with Gasteiger partial charge in [0.1, 0.15) is 11.6 Å². The Balaban J connectivity index is 1.59. The highest BCUT2D eigenvalue weighted by atomic mass is 35.5. The lowest BCUT2D eigenvalue weighted by molar-refractivity contribution is -0.117. The van der Waals surface area contributed by atoms with E-state index in [1.54, 1.807) is 24.3 Å². The zero-order chi connectivity index (χ0) is 29.8. The number of nitrogens with one attached hydrogen (secondary N) is 2. The molecule has 3 aromatic rings. The second-order valence-corrected chi connectivity index (χ2v) is 11.0. The summed E-state index contributed by atoms with van der Waals surface area (Å²) in [7, 11) is -0.965. The second-order valence-electron chi connectivity index (χ2n) is 8.78. The largest absolute Gasteiger partial charge is 0.474 e. The van der Waals surface area contributed by atoms with Crippen molar-refractivity contribution in [2.24, 2.45) is 0 Å². The number of hydrogen-bond acceptors (Lipinski definition) is 9. The molecule has 0 fully saturated rings. The summed E-state index contributed by atoms with van der Waals surface area (Å²) in [6.45, 7) is 1.80. The van der Waals surface area contributed by atoms with Gasteiger partial charge in [0.15, 0.2) is 5.82 Å². The fourth-order valence-corrected chi connectivity index (χ4v) is 4.72. The third-order valence-electron chi connectivity index (χ3n) is 5.90. The summed E-state index contributed by atoms with van der Waals surface area (Å²) < 4.78 is 45.5. The van der Waals surface area contributed by atoms with E-state index in [4.69, 9.17) is 29.9 Å². The molecule has 0 unspecified atom stereocenters. The van der Waals surface area contributed by atoms with Gasteiger partial charge in [0.05, 0.1) is 18.2 Å². The van der Waals surface area contributed by atoms with Crippen molar-refractivity contribution >= 4 is 53.8 Å². The van der Waals surface area contributed by atoms with Crippen LogP contribution in [0.25, 0.3) is 10.8 Å². The highest BCUT2D eigenvalue weighted by Crippen LogP contribution is 2.47. The number of aromatic nitrogens is 1. The van der Waals surface area contributed by atoms with Crippen molar-refractivity contribution in [2.45, 2.75) is 39.2 Å². The Labute approximate surface area is 242 Å². The number of nitrogens with zero attached hydrogens (tertiary/aromatic N) is 2. The highest BCUT2D eigenvalue weighted by Gasteiger charge is 2.22. The monoisotopic (exact) mass is 610 g/mol. The molecular formula is C27H33ClFN4O7P. The number of benzene rings is 2. The summed E-state index contributed by atoms with van der Waals surface area (Å²) in [5.41, 5.74) is 3.41. The second kappa shape index (κ2) is 15.8. The molecule has 11 nitrogen and oxygen atoms in total. The average molecular weight is 611 g/mol. The van der Waals surface area contributed by atoms with Gasteiger partial charge in [-0.2, -0.15) is 0 Å². The normalized spacial score (nSPS) is 11.4. The Morgan fingerprint density at radius 1 is 1.02 bits per heavy atom. The first-order chi connectivity index (χ1) is 19.7. The summed E-state index contributed by atoms with van der Waals surface area (Å²) in [6, 6.07) is 13.3. The number of pyridine rings is 1. The lowest BCUT2D eigenvalue weighted by Crippen LogP contribution is -2.42. The van der Waals surface area contributed by atoms with E-state index in [0.29, 0.717) is 23.8 Å². The number of fused-ring (bicyclic) bond motifs is 1. The van der Waals surface area contributed by atoms with Crippen LogP contribution in [0.1, 0.15) is 38.2 Å². The summed E-state index contributed by atoms with van der Waals surface area (Å²) in [5.74, 6) is -0.526. The van der Waals surface area contributed by atoms with E-state index in [1.165, 1.54) is 38.3 Å². The van der Waals surface area contributed by atoms with E-state index in [-0.39, 0.29) is 42.3 Å². The number of phosphoric acid groups is 1. The van der Waals surface area contributed by atoms with Crippen LogP contribution in [-0.2, 0) is 34.2 Å². The molecule has 1 heterocycles. The molecule has 0 spiro atoms. The van der Waals surface area contributed by atoms with Crippen LogP contribution >= 0.6 is 19.4 Å². The molecule has 0 saturated carbocycles. The molecule has 1 aromatic heterocycles. The molecule has 0 aliphatic carbocycles. The number of carbonyl (C=O) groups is 2. The molecule has 0 aliphatic heterocycles. The van der Waals surface area contributed by atoms with Crippen molar-refractivity contribution < 1.29 is 36.9 Å². The standard InChI is InChI=1S/C27H33ClFN4O7P/c1-19(34)33(30-18-21-12-10-14-23(29)25(21)28)26-22-13-7-6-11-20(22)17-24(31-26)32-27(35)39-15-8-4-5-9-16-40-41(36,37-2)38-3/h6-7,10-14,17,30H,4-5,8-9,15-16,18H2,1-3H3,(H,31,32,35). The lowest BCUT2D eigenvalue weighted by Gasteiger charge is -2.23. The number of ether oxygens (including phenoxy) is 1. The number of hydrazine groups is 1. The van der Waals surface area contributed by atoms with Crippen molar-refractivity contribution in [2.75, 3.05) is 37.8 Å². The van der Waals surface area contributed by atoms with E-state index >= 15 is 0 Å². The maximum absolute atomic E-state index is 13.9. The SMILES string of the molecule is COP(=O)(OC)OCCCCCCOC(=O)Nc1cc2ccccc2c(N(NCc2cccc(F)c2Cl)C(C)=O)n1. The molecule has 222 valence electrons. The molecule has 3 rings (SSSR count). The number of hydrogen-bond donors (Lipinski definition) is 2. The molecule has 2 aromatic carbocycles. The minimum atomic E-state index is -3.47. The van der Waals surface area contributed by atoms with Crippen LogP contribution in [0, 0.1) is 5.82 Å². The minimum Gasteiger partial charge on any atom is -0.449 e. The molecule has 2 N–H and O–H groups in total. The smallest absolute Gasteiger partial charge is 0.449 e. The molecule has 41 heavy (non-hydrogen) atoms. The maximum Gasteiger partial charge on any atom is 0.474 e. The van der Waals surface area contributed by atoms with Crippen LogP contribution in [0.3, 0.4) is 0 Å². The van der Waals surface area contributed by atoms with Gasteiger partial charge in [-0.25, -0.2) is 29.2 Å². The van der Waals surface area contributed by atoms with Crippen LogP contribution < -0.4 is 15.8 Å². The van der Waals surface area contributed by atoms with Gasteiger partial charge in [-0.3, -0.25) is 23.7 Å². The Morgan fingerprint density at radius 3 is 2.44 bits per heavy atom. The molecule has 0 radical (unpaired) electrons. The zero-order valence-corrected chi connectivity index (χ0v) is 24.7. The molecule has 0 aliphatic rings. The molecular weight excluding hydrogens is 578 g/mol. The van der Waals surface area contributed by atoms with E-state index in [1.807, 2.05) is 12.1 Å². The van der Waals surface area contributed by atoms with Crippen LogP contribution in [-0.4, -0.2) is 44.4 Å². The van der Waals surface area contributed by atoms with Gasteiger partial charge in [-0.05, 0) is 42.3 Å². The highest BCUT2D eigenvalue weighted by molar-refractivity contribution is 7.48. The number of carbonyl (C=O) groups excluding carboxylic acids is 2. The Kier molecular flexibility index (Phi) is 12.5. The zero-order valence-electron chi connectivity index (χ0n) is 23.0. The first-order valence-electron chi connectivity index (χ1n) is 12.8. The number of anilines is 2. The van der Waals surface area contributed by atoms with Gasteiger partial charge in [0.25, 0.3) is 0 Å². The van der Waals surface area contributed by atoms with Crippen molar-refractivity contribution in [3.63, 3.8) is 0 Å². The third kappa shape index (κ3) is 9.46. The molecule has 14 heteroatoms. The van der Waals surface area contributed by atoms with Crippen LogP contribution in [0.2, 0.25) is 5.02 Å². The predicted octanol–water partition coefficient (Wildman–Crippen LogP) is 6.61. The first-order valence-corrected chi connectivity index (χ1v) is 14.7. The Hall–Kier alpha value is -3.12. The van der Waals surface area contributed by atoms with Crippen LogP contribution in [0.4, 0.5) is 20.8 Å². The van der Waals surface area contributed by atoms with Gasteiger partial charge in [0.2, 0.25) is 5.91 Å². The number of unbranched alkanes of at least 4 members (excludes halogenated alkanes) is 3. The van der Waals surface area contributed by atoms with E-state index in [2.05, 4.69) is 15.7 Å². The summed E-state index contributed by atoms with van der Waals surface area (Å²) >= 11 is 6.07. The summed E-state index contributed by atoms with van der Waals surface area (Å²) in [6.07, 6.45) is 2.08. The fraction of sp³-hybridized carbons (Fsp3) is 0.370. The van der Waals surface area contributed by atoms with E-state index in [0.717, 1.165) is 18.2 Å². The third-order valence-corrected chi connectivity index (χ3v) is 7.72. The molecule has 0 bridgehead atoms. The van der Waals surface area contributed by atoms with Crippen molar-refractivity contribution in [3.8, 4) is 0 Å². The van der Waals surface area contributed by atoms with Crippen molar-refractivity contribution in [1.82, 2.24) is 10.4 Å². The lowest BCUT2D eigenvalue weighted by atomic mass is 10.1. The topological polar surface area (TPSA) is 128 Å². The molecule has 0 saturated heterocycles. The predicted molar refractivity (Wildman–Crippen MR) is 154 cm³/mol. The average Bonchev–Trinajstić information content (AvgIpc) is 2.96. The number of amides is 2. The quantitative estimate of drug-likeness (QED) is 0.111. The summed E-state index contributed by atoms with van der Waals surface area (Å²) in [4.78, 5) is 29.6. The number of rotatable bonds is 15. The van der Waals surface area contributed by atoms with Crippen LogP contribution in [0.15, 0.2) is 48.5 Å². The van der Waals surface area contributed by atoms with E-state index < -0.39 is 19.7 Å².